The lowest BCUT2D eigenvalue weighted by atomic mass is 10.0. The first-order chi connectivity index (χ1) is 12.0. The molecule has 0 N–H and O–H groups in total. The molecule has 1 aromatic carbocycles. The van der Waals surface area contributed by atoms with Crippen LogP contribution in [0.5, 0.6) is 0 Å². The minimum absolute atomic E-state index is 0.0322. The van der Waals surface area contributed by atoms with Crippen molar-refractivity contribution in [3.8, 4) is 0 Å². The second-order valence-corrected chi connectivity index (χ2v) is 6.70. The smallest absolute Gasteiger partial charge is 0.274 e. The summed E-state index contributed by atoms with van der Waals surface area (Å²) < 4.78 is 1.90. The first-order valence-electron chi connectivity index (χ1n) is 8.38. The van der Waals surface area contributed by atoms with Gasteiger partial charge in [-0.15, -0.1) is 0 Å². The Balaban J connectivity index is 1.92. The molecule has 3 rings (SSSR count). The monoisotopic (exact) mass is 336 g/mol. The van der Waals surface area contributed by atoms with Gasteiger partial charge in [0.1, 0.15) is 11.3 Å². The molecule has 1 amide bonds. The third kappa shape index (κ3) is 3.72. The Labute approximate surface area is 148 Å². The minimum Gasteiger partial charge on any atom is -0.332 e. The van der Waals surface area contributed by atoms with E-state index in [0.717, 1.165) is 23.3 Å². The zero-order valence-corrected chi connectivity index (χ0v) is 15.2. The summed E-state index contributed by atoms with van der Waals surface area (Å²) in [6.45, 7) is 2.77. The summed E-state index contributed by atoms with van der Waals surface area (Å²) >= 11 is 0. The van der Waals surface area contributed by atoms with E-state index in [0.29, 0.717) is 5.69 Å². The van der Waals surface area contributed by atoms with Crippen molar-refractivity contribution in [3.05, 3.63) is 71.7 Å². The zero-order chi connectivity index (χ0) is 18.0. The Morgan fingerprint density at radius 3 is 2.48 bits per heavy atom. The number of aryl methyl sites for hydroxylation is 1. The number of rotatable bonds is 5. The number of amides is 1. The SMILES string of the molecule is Cc1ccc2nc(C(=O)N(C)C(CN(C)C)c3ccccc3)cn2c1. The van der Waals surface area contributed by atoms with Crippen LogP contribution in [0.3, 0.4) is 0 Å². The maximum atomic E-state index is 13.0. The van der Waals surface area contributed by atoms with Crippen LogP contribution in [0.4, 0.5) is 0 Å². The summed E-state index contributed by atoms with van der Waals surface area (Å²) in [7, 11) is 5.88. The second-order valence-electron chi connectivity index (χ2n) is 6.70. The Bertz CT molecular complexity index is 870. The van der Waals surface area contributed by atoms with E-state index in [4.69, 9.17) is 0 Å². The summed E-state index contributed by atoms with van der Waals surface area (Å²) in [5, 5.41) is 0. The molecular weight excluding hydrogens is 312 g/mol. The molecule has 2 heterocycles. The molecule has 3 aromatic rings. The molecule has 0 spiro atoms. The fourth-order valence-electron chi connectivity index (χ4n) is 3.00. The molecule has 0 aliphatic rings. The third-order valence-electron chi connectivity index (χ3n) is 4.33. The molecule has 0 saturated carbocycles. The number of likely N-dealkylation sites (N-methyl/N-ethyl adjacent to an activating group) is 2. The lowest BCUT2D eigenvalue weighted by Gasteiger charge is -2.30. The number of benzene rings is 1. The van der Waals surface area contributed by atoms with Gasteiger partial charge in [0.05, 0.1) is 6.04 Å². The Hall–Kier alpha value is -2.66. The average molecular weight is 336 g/mol. The van der Waals surface area contributed by atoms with Gasteiger partial charge < -0.3 is 14.2 Å². The van der Waals surface area contributed by atoms with Gasteiger partial charge in [0.2, 0.25) is 0 Å². The first kappa shape index (κ1) is 17.2. The fourth-order valence-corrected chi connectivity index (χ4v) is 3.00. The van der Waals surface area contributed by atoms with Gasteiger partial charge in [-0.1, -0.05) is 36.4 Å². The van der Waals surface area contributed by atoms with Crippen molar-refractivity contribution in [2.24, 2.45) is 0 Å². The highest BCUT2D eigenvalue weighted by atomic mass is 16.2. The summed E-state index contributed by atoms with van der Waals surface area (Å²) in [6.07, 6.45) is 3.78. The van der Waals surface area contributed by atoms with Crippen LogP contribution in [0, 0.1) is 6.92 Å². The van der Waals surface area contributed by atoms with Crippen molar-refractivity contribution in [2.45, 2.75) is 13.0 Å². The number of fused-ring (bicyclic) bond motifs is 1. The number of aromatic nitrogens is 2. The van der Waals surface area contributed by atoms with Crippen molar-refractivity contribution in [1.82, 2.24) is 19.2 Å². The molecule has 25 heavy (non-hydrogen) atoms. The highest BCUT2D eigenvalue weighted by molar-refractivity contribution is 5.93. The molecule has 5 nitrogen and oxygen atoms in total. The van der Waals surface area contributed by atoms with Crippen LogP contribution in [0.25, 0.3) is 5.65 Å². The summed E-state index contributed by atoms with van der Waals surface area (Å²) in [5.74, 6) is -0.0722. The van der Waals surface area contributed by atoms with Crippen molar-refractivity contribution in [2.75, 3.05) is 27.7 Å². The van der Waals surface area contributed by atoms with Gasteiger partial charge >= 0.3 is 0 Å². The van der Waals surface area contributed by atoms with Gasteiger partial charge in [0.25, 0.3) is 5.91 Å². The molecule has 0 aliphatic carbocycles. The van der Waals surface area contributed by atoms with Crippen molar-refractivity contribution in [3.63, 3.8) is 0 Å². The number of nitrogens with zero attached hydrogens (tertiary/aromatic N) is 4. The maximum absolute atomic E-state index is 13.0. The Morgan fingerprint density at radius 2 is 1.80 bits per heavy atom. The highest BCUT2D eigenvalue weighted by Gasteiger charge is 2.25. The molecule has 1 atom stereocenters. The molecular formula is C20H24N4O. The summed E-state index contributed by atoms with van der Waals surface area (Å²) in [4.78, 5) is 21.4. The van der Waals surface area contributed by atoms with E-state index in [1.165, 1.54) is 0 Å². The van der Waals surface area contributed by atoms with E-state index < -0.39 is 0 Å². The van der Waals surface area contributed by atoms with E-state index >= 15 is 0 Å². The number of pyridine rings is 1. The van der Waals surface area contributed by atoms with Gasteiger partial charge in [0, 0.05) is 26.0 Å². The van der Waals surface area contributed by atoms with Crippen molar-refractivity contribution >= 4 is 11.6 Å². The standard InChI is InChI=1S/C20H24N4O/c1-15-10-11-19-21-17(13-24(19)12-15)20(25)23(4)18(14-22(2)3)16-8-6-5-7-9-16/h5-13,18H,14H2,1-4H3. The minimum atomic E-state index is -0.0722. The highest BCUT2D eigenvalue weighted by Crippen LogP contribution is 2.22. The average Bonchev–Trinajstić information content (AvgIpc) is 3.02. The Kier molecular flexibility index (Phi) is 4.86. The normalized spacial score (nSPS) is 12.5. The zero-order valence-electron chi connectivity index (χ0n) is 15.2. The van der Waals surface area contributed by atoms with Crippen LogP contribution in [0.1, 0.15) is 27.7 Å². The number of carbonyl (C=O) groups excluding carboxylic acids is 1. The number of imidazole rings is 1. The van der Waals surface area contributed by atoms with Gasteiger partial charge in [-0.2, -0.15) is 0 Å². The van der Waals surface area contributed by atoms with E-state index in [1.54, 1.807) is 11.1 Å². The second kappa shape index (κ2) is 7.07. The van der Waals surface area contributed by atoms with Crippen LogP contribution in [0.15, 0.2) is 54.9 Å². The van der Waals surface area contributed by atoms with E-state index in [-0.39, 0.29) is 11.9 Å². The molecule has 5 heteroatoms. The molecule has 130 valence electrons. The van der Waals surface area contributed by atoms with Crippen LogP contribution in [-0.4, -0.2) is 52.8 Å². The molecule has 0 fully saturated rings. The van der Waals surface area contributed by atoms with Crippen LogP contribution in [-0.2, 0) is 0 Å². The fraction of sp³-hybridized carbons (Fsp3) is 0.300. The summed E-state index contributed by atoms with van der Waals surface area (Å²) in [5.41, 5.74) is 3.50. The molecule has 2 aromatic heterocycles. The lowest BCUT2D eigenvalue weighted by Crippen LogP contribution is -2.37. The summed E-state index contributed by atoms with van der Waals surface area (Å²) in [6, 6.07) is 14.0. The lowest BCUT2D eigenvalue weighted by molar-refractivity contribution is 0.0700. The predicted molar refractivity (Wildman–Crippen MR) is 99.8 cm³/mol. The molecule has 0 radical (unpaired) electrons. The third-order valence-corrected chi connectivity index (χ3v) is 4.33. The van der Waals surface area contributed by atoms with Crippen LogP contribution in [0.2, 0.25) is 0 Å². The Morgan fingerprint density at radius 1 is 1.08 bits per heavy atom. The van der Waals surface area contributed by atoms with Crippen molar-refractivity contribution in [1.29, 1.82) is 0 Å². The van der Waals surface area contributed by atoms with Crippen LogP contribution < -0.4 is 0 Å². The first-order valence-corrected chi connectivity index (χ1v) is 8.38. The maximum Gasteiger partial charge on any atom is 0.274 e. The van der Waals surface area contributed by atoms with Gasteiger partial charge in [-0.05, 0) is 38.2 Å². The van der Waals surface area contributed by atoms with Gasteiger partial charge in [0.15, 0.2) is 0 Å². The van der Waals surface area contributed by atoms with Crippen molar-refractivity contribution < 1.29 is 4.79 Å². The van der Waals surface area contributed by atoms with Gasteiger partial charge in [-0.3, -0.25) is 4.79 Å². The quantitative estimate of drug-likeness (QED) is 0.719. The molecule has 0 aliphatic heterocycles. The number of hydrogen-bond acceptors (Lipinski definition) is 3. The van der Waals surface area contributed by atoms with E-state index in [2.05, 4.69) is 22.0 Å². The molecule has 0 bridgehead atoms. The van der Waals surface area contributed by atoms with E-state index in [9.17, 15) is 4.79 Å². The topological polar surface area (TPSA) is 40.9 Å². The molecule has 0 saturated heterocycles. The predicted octanol–water partition coefficient (Wildman–Crippen LogP) is 3.02. The number of carbonyl (C=O) groups is 1. The van der Waals surface area contributed by atoms with Crippen LogP contribution >= 0.6 is 0 Å². The van der Waals surface area contributed by atoms with E-state index in [1.807, 2.05) is 69.0 Å². The molecule has 1 unspecified atom stereocenters. The number of hydrogen-bond donors (Lipinski definition) is 0. The largest absolute Gasteiger partial charge is 0.332 e. The van der Waals surface area contributed by atoms with Gasteiger partial charge in [-0.25, -0.2) is 4.98 Å².